The molecule has 1 amide bonds. The Balaban J connectivity index is 1.98. The molecule has 2 rings (SSSR count). The summed E-state index contributed by atoms with van der Waals surface area (Å²) in [6, 6.07) is 14.9. The molecule has 1 N–H and O–H groups in total. The van der Waals surface area contributed by atoms with Crippen molar-refractivity contribution in [2.45, 2.75) is 23.6 Å². The maximum atomic E-state index is 12.3. The average Bonchev–Trinajstić information content (AvgIpc) is 2.65. The van der Waals surface area contributed by atoms with Crippen LogP contribution in [-0.2, 0) is 16.1 Å². The summed E-state index contributed by atoms with van der Waals surface area (Å²) in [6.45, 7) is 2.19. The second kappa shape index (κ2) is 9.13. The Morgan fingerprint density at radius 2 is 1.84 bits per heavy atom. The fraction of sp³-hybridized carbons (Fsp3) is 0.263. The Morgan fingerprint density at radius 1 is 1.12 bits per heavy atom. The summed E-state index contributed by atoms with van der Waals surface area (Å²) in [4.78, 5) is 25.1. The van der Waals surface area contributed by atoms with E-state index in [2.05, 4.69) is 5.32 Å². The summed E-state index contributed by atoms with van der Waals surface area (Å²) in [5, 5.41) is 2.67. The molecule has 2 aromatic rings. The summed E-state index contributed by atoms with van der Waals surface area (Å²) in [6.07, 6.45) is 0. The first-order valence-corrected chi connectivity index (χ1v) is 8.67. The van der Waals surface area contributed by atoms with Gasteiger partial charge in [0, 0.05) is 11.4 Å². The maximum absolute atomic E-state index is 12.3. The van der Waals surface area contributed by atoms with E-state index in [1.807, 2.05) is 37.3 Å². The normalized spacial score (nSPS) is 11.5. The van der Waals surface area contributed by atoms with Gasteiger partial charge in [0.25, 0.3) is 0 Å². The minimum absolute atomic E-state index is 0.0655. The SMILES string of the molecule is COC(=O)c1cc(CNC(=O)C(C)Sc2ccccc2)ccc1OC. The van der Waals surface area contributed by atoms with Gasteiger partial charge in [-0.05, 0) is 36.8 Å². The van der Waals surface area contributed by atoms with Crippen molar-refractivity contribution in [3.05, 3.63) is 59.7 Å². The van der Waals surface area contributed by atoms with Crippen molar-refractivity contribution >= 4 is 23.6 Å². The topological polar surface area (TPSA) is 64.6 Å². The first-order valence-electron chi connectivity index (χ1n) is 7.79. The van der Waals surface area contributed by atoms with Gasteiger partial charge in [-0.3, -0.25) is 4.79 Å². The second-order valence-electron chi connectivity index (χ2n) is 5.32. The van der Waals surface area contributed by atoms with Crippen LogP contribution in [0.5, 0.6) is 5.75 Å². The molecule has 0 spiro atoms. The summed E-state index contributed by atoms with van der Waals surface area (Å²) < 4.78 is 9.92. The molecule has 25 heavy (non-hydrogen) atoms. The number of amides is 1. The highest BCUT2D eigenvalue weighted by Gasteiger charge is 2.16. The summed E-state index contributed by atoms with van der Waals surface area (Å²) in [7, 11) is 2.81. The van der Waals surface area contributed by atoms with Crippen molar-refractivity contribution in [3.8, 4) is 5.75 Å². The van der Waals surface area contributed by atoms with Crippen LogP contribution in [0.25, 0.3) is 0 Å². The Bertz CT molecular complexity index is 733. The minimum Gasteiger partial charge on any atom is -0.496 e. The maximum Gasteiger partial charge on any atom is 0.341 e. The van der Waals surface area contributed by atoms with Crippen LogP contribution in [0.1, 0.15) is 22.8 Å². The minimum atomic E-state index is -0.474. The Morgan fingerprint density at radius 3 is 2.48 bits per heavy atom. The fourth-order valence-corrected chi connectivity index (χ4v) is 3.14. The van der Waals surface area contributed by atoms with Crippen molar-refractivity contribution in [2.24, 2.45) is 0 Å². The van der Waals surface area contributed by atoms with E-state index in [0.29, 0.717) is 17.9 Å². The molecule has 0 fully saturated rings. The Hall–Kier alpha value is -2.47. The van der Waals surface area contributed by atoms with Gasteiger partial charge in [0.05, 0.1) is 19.5 Å². The molecule has 0 bridgehead atoms. The molecule has 0 saturated heterocycles. The van der Waals surface area contributed by atoms with Crippen molar-refractivity contribution in [1.29, 1.82) is 0 Å². The van der Waals surface area contributed by atoms with Crippen LogP contribution in [0.3, 0.4) is 0 Å². The molecule has 0 heterocycles. The van der Waals surface area contributed by atoms with E-state index in [9.17, 15) is 9.59 Å². The molecule has 1 unspecified atom stereocenters. The second-order valence-corrected chi connectivity index (χ2v) is 6.73. The van der Waals surface area contributed by atoms with Crippen LogP contribution in [0.2, 0.25) is 0 Å². The lowest BCUT2D eigenvalue weighted by Gasteiger charge is -2.13. The van der Waals surface area contributed by atoms with Crippen LogP contribution in [0.15, 0.2) is 53.4 Å². The molecule has 0 aliphatic rings. The summed E-state index contributed by atoms with van der Waals surface area (Å²) in [5.41, 5.74) is 1.13. The molecule has 6 heteroatoms. The number of carbonyl (C=O) groups is 2. The number of carbonyl (C=O) groups excluding carboxylic acids is 2. The third kappa shape index (κ3) is 5.26. The smallest absolute Gasteiger partial charge is 0.341 e. The van der Waals surface area contributed by atoms with E-state index in [1.54, 1.807) is 18.2 Å². The first kappa shape index (κ1) is 18.9. The van der Waals surface area contributed by atoms with Crippen molar-refractivity contribution < 1.29 is 19.1 Å². The molecule has 0 radical (unpaired) electrons. The summed E-state index contributed by atoms with van der Waals surface area (Å²) in [5.74, 6) is -0.0998. The predicted octanol–water partition coefficient (Wildman–Crippen LogP) is 3.28. The Labute approximate surface area is 151 Å². The molecular weight excluding hydrogens is 338 g/mol. The molecule has 132 valence electrons. The highest BCUT2D eigenvalue weighted by Crippen LogP contribution is 2.23. The lowest BCUT2D eigenvalue weighted by atomic mass is 10.1. The van der Waals surface area contributed by atoms with Crippen LogP contribution < -0.4 is 10.1 Å². The molecule has 0 aliphatic heterocycles. The largest absolute Gasteiger partial charge is 0.496 e. The fourth-order valence-electron chi connectivity index (χ4n) is 2.22. The molecule has 1 atom stereocenters. The molecular formula is C19H21NO4S. The first-order chi connectivity index (χ1) is 12.0. The lowest BCUT2D eigenvalue weighted by Crippen LogP contribution is -2.30. The van der Waals surface area contributed by atoms with Gasteiger partial charge in [-0.15, -0.1) is 11.8 Å². The monoisotopic (exact) mass is 359 g/mol. The van der Waals surface area contributed by atoms with Crippen LogP contribution in [-0.4, -0.2) is 31.3 Å². The van der Waals surface area contributed by atoms with Crippen molar-refractivity contribution in [1.82, 2.24) is 5.32 Å². The Kier molecular flexibility index (Phi) is 6.89. The average molecular weight is 359 g/mol. The van der Waals surface area contributed by atoms with Gasteiger partial charge < -0.3 is 14.8 Å². The number of rotatable bonds is 7. The molecule has 5 nitrogen and oxygen atoms in total. The van der Waals surface area contributed by atoms with Gasteiger partial charge in [-0.2, -0.15) is 0 Å². The molecule has 0 aliphatic carbocycles. The third-order valence-electron chi connectivity index (χ3n) is 3.56. The van der Waals surface area contributed by atoms with Gasteiger partial charge in [0.2, 0.25) is 5.91 Å². The zero-order valence-electron chi connectivity index (χ0n) is 14.4. The van der Waals surface area contributed by atoms with Crippen LogP contribution in [0.4, 0.5) is 0 Å². The number of thioether (sulfide) groups is 1. The van der Waals surface area contributed by atoms with E-state index in [1.165, 1.54) is 26.0 Å². The van der Waals surface area contributed by atoms with E-state index >= 15 is 0 Å². The molecule has 0 saturated carbocycles. The van der Waals surface area contributed by atoms with Gasteiger partial charge >= 0.3 is 5.97 Å². The number of hydrogen-bond donors (Lipinski definition) is 1. The van der Waals surface area contributed by atoms with Gasteiger partial charge in [0.1, 0.15) is 11.3 Å². The highest BCUT2D eigenvalue weighted by atomic mass is 32.2. The zero-order valence-corrected chi connectivity index (χ0v) is 15.3. The predicted molar refractivity (Wildman–Crippen MR) is 97.9 cm³/mol. The van der Waals surface area contributed by atoms with Gasteiger partial charge in [-0.1, -0.05) is 24.3 Å². The molecule has 0 aromatic heterocycles. The van der Waals surface area contributed by atoms with Gasteiger partial charge in [0.15, 0.2) is 0 Å². The highest BCUT2D eigenvalue weighted by molar-refractivity contribution is 8.00. The van der Waals surface area contributed by atoms with Crippen molar-refractivity contribution in [2.75, 3.05) is 14.2 Å². The lowest BCUT2D eigenvalue weighted by molar-refractivity contribution is -0.120. The zero-order chi connectivity index (χ0) is 18.2. The number of methoxy groups -OCH3 is 2. The van der Waals surface area contributed by atoms with Crippen molar-refractivity contribution in [3.63, 3.8) is 0 Å². The number of benzene rings is 2. The van der Waals surface area contributed by atoms with E-state index < -0.39 is 5.97 Å². The third-order valence-corrected chi connectivity index (χ3v) is 4.67. The van der Waals surface area contributed by atoms with E-state index in [-0.39, 0.29) is 11.2 Å². The number of esters is 1. The number of hydrogen-bond acceptors (Lipinski definition) is 5. The van der Waals surface area contributed by atoms with Crippen LogP contribution >= 0.6 is 11.8 Å². The standard InChI is InChI=1S/C19H21NO4S/c1-13(25-15-7-5-4-6-8-15)18(21)20-12-14-9-10-17(23-2)16(11-14)19(22)24-3/h4-11,13H,12H2,1-3H3,(H,20,21). The van der Waals surface area contributed by atoms with Crippen LogP contribution in [0, 0.1) is 0 Å². The summed E-state index contributed by atoms with van der Waals surface area (Å²) >= 11 is 1.50. The number of nitrogens with one attached hydrogen (secondary N) is 1. The molecule has 2 aromatic carbocycles. The quantitative estimate of drug-likeness (QED) is 0.607. The number of ether oxygens (including phenoxy) is 2. The van der Waals surface area contributed by atoms with Gasteiger partial charge in [-0.25, -0.2) is 4.79 Å². The van der Waals surface area contributed by atoms with E-state index in [0.717, 1.165) is 10.5 Å². The van der Waals surface area contributed by atoms with E-state index in [4.69, 9.17) is 9.47 Å².